The highest BCUT2D eigenvalue weighted by atomic mass is 32.2. The number of nitrogens with zero attached hydrogens (tertiary/aromatic N) is 1. The molecule has 1 saturated heterocycles. The molecular weight excluding hydrogens is 544 g/mol. The van der Waals surface area contributed by atoms with Crippen LogP contribution in [-0.4, -0.2) is 110 Å². The zero-order chi connectivity index (χ0) is 28.9. The Kier molecular flexibility index (Phi) is 13.5. The number of benzene rings is 2. The highest BCUT2D eigenvalue weighted by Crippen LogP contribution is 2.35. The number of piperidine rings is 1. The van der Waals surface area contributed by atoms with Crippen molar-refractivity contribution >= 4 is 17.4 Å². The summed E-state index contributed by atoms with van der Waals surface area (Å²) in [6, 6.07) is 15.0. The number of rotatable bonds is 17. The summed E-state index contributed by atoms with van der Waals surface area (Å²) in [7, 11) is 5.04. The highest BCUT2D eigenvalue weighted by molar-refractivity contribution is 7.99. The Balaban J connectivity index is 1.47. The zero-order valence-electron chi connectivity index (χ0n) is 24.6. The number of anilines is 1. The summed E-state index contributed by atoms with van der Waals surface area (Å²) in [6.07, 6.45) is 0.0351. The molecule has 10 heteroatoms. The smallest absolute Gasteiger partial charge is 0.142 e. The number of aliphatic hydroxyl groups is 1. The van der Waals surface area contributed by atoms with Gasteiger partial charge in [-0.1, -0.05) is 18.2 Å². The van der Waals surface area contributed by atoms with E-state index >= 15 is 0 Å². The molecule has 0 saturated carbocycles. The van der Waals surface area contributed by atoms with Crippen molar-refractivity contribution in [2.45, 2.75) is 42.2 Å². The lowest BCUT2D eigenvalue weighted by molar-refractivity contribution is -0.0856. The van der Waals surface area contributed by atoms with Crippen LogP contribution in [0.25, 0.3) is 0 Å². The second kappa shape index (κ2) is 17.3. The van der Waals surface area contributed by atoms with Gasteiger partial charge in [-0.05, 0) is 41.8 Å². The summed E-state index contributed by atoms with van der Waals surface area (Å²) < 4.78 is 34.4. The lowest BCUT2D eigenvalue weighted by Gasteiger charge is -2.39. The van der Waals surface area contributed by atoms with E-state index in [1.165, 1.54) is 10.5 Å². The van der Waals surface area contributed by atoms with Crippen LogP contribution in [0.2, 0.25) is 0 Å². The first-order valence-corrected chi connectivity index (χ1v) is 15.4. The molecule has 0 aliphatic carbocycles. The van der Waals surface area contributed by atoms with Crippen LogP contribution < -0.4 is 15.0 Å². The molecule has 4 atom stereocenters. The summed E-state index contributed by atoms with van der Waals surface area (Å²) in [4.78, 5) is 3.57. The molecule has 1 fully saturated rings. The van der Waals surface area contributed by atoms with E-state index in [0.717, 1.165) is 55.5 Å². The van der Waals surface area contributed by atoms with Crippen molar-refractivity contribution in [2.24, 2.45) is 0 Å². The maximum Gasteiger partial charge on any atom is 0.142 e. The number of methoxy groups -OCH3 is 3. The van der Waals surface area contributed by atoms with Crippen molar-refractivity contribution in [1.82, 2.24) is 5.32 Å². The zero-order valence-corrected chi connectivity index (χ0v) is 25.4. The predicted octanol–water partition coefficient (Wildman–Crippen LogP) is 3.33. The third-order valence-corrected chi connectivity index (χ3v) is 8.37. The van der Waals surface area contributed by atoms with Crippen molar-refractivity contribution in [1.29, 1.82) is 0 Å². The number of nitrogens with one attached hydrogen (secondary N) is 1. The number of hydrogen-bond acceptors (Lipinski definition) is 10. The van der Waals surface area contributed by atoms with Crippen LogP contribution in [0.5, 0.6) is 5.75 Å². The van der Waals surface area contributed by atoms with Gasteiger partial charge in [0.25, 0.3) is 0 Å². The Morgan fingerprint density at radius 2 is 1.76 bits per heavy atom. The van der Waals surface area contributed by atoms with Gasteiger partial charge in [0.05, 0.1) is 50.9 Å². The fourth-order valence-corrected chi connectivity index (χ4v) is 6.18. The van der Waals surface area contributed by atoms with Crippen LogP contribution in [-0.2, 0) is 30.3 Å². The van der Waals surface area contributed by atoms with Crippen LogP contribution in [0.3, 0.4) is 0 Å². The molecule has 9 nitrogen and oxygen atoms in total. The topological polar surface area (TPSA) is 90.9 Å². The van der Waals surface area contributed by atoms with Crippen LogP contribution in [0.15, 0.2) is 47.4 Å². The summed E-state index contributed by atoms with van der Waals surface area (Å²) in [6.45, 7) is 6.26. The Labute approximate surface area is 248 Å². The second-order valence-corrected chi connectivity index (χ2v) is 11.6. The van der Waals surface area contributed by atoms with E-state index in [0.29, 0.717) is 26.3 Å². The van der Waals surface area contributed by atoms with E-state index in [1.54, 1.807) is 33.1 Å². The minimum absolute atomic E-state index is 0.00974. The Hall–Kier alpha value is -1.89. The predicted molar refractivity (Wildman–Crippen MR) is 161 cm³/mol. The molecule has 41 heavy (non-hydrogen) atoms. The molecule has 0 amide bonds. The third kappa shape index (κ3) is 9.56. The molecule has 4 rings (SSSR count). The van der Waals surface area contributed by atoms with E-state index in [2.05, 4.69) is 52.7 Å². The third-order valence-electron chi connectivity index (χ3n) is 7.40. The van der Waals surface area contributed by atoms with Crippen molar-refractivity contribution in [3.05, 3.63) is 53.6 Å². The Morgan fingerprint density at radius 1 is 0.976 bits per heavy atom. The number of ether oxygens (including phenoxy) is 6. The number of thioether (sulfide) groups is 1. The normalized spacial score (nSPS) is 21.4. The van der Waals surface area contributed by atoms with Crippen molar-refractivity contribution in [2.75, 3.05) is 91.2 Å². The van der Waals surface area contributed by atoms with Crippen molar-refractivity contribution in [3.63, 3.8) is 0 Å². The van der Waals surface area contributed by atoms with Crippen molar-refractivity contribution in [3.8, 4) is 5.75 Å². The molecule has 0 radical (unpaired) electrons. The standard InChI is InChI=1S/C31H46N2O7S/c1-35-13-4-11-33-12-14-38-28-10-5-23(17-27(28)33)20-39-29-18-32-19-30(40-22-25(34)21-37-3)31(29)24-6-8-26(9-7-24)41-16-15-36-2/h5-10,17,25,29-32,34H,4,11-16,18-22H2,1-3H3/t25-,29+,30-,31-/m1/s1. The van der Waals surface area contributed by atoms with Gasteiger partial charge in [0, 0.05) is 64.1 Å². The number of hydrogen-bond donors (Lipinski definition) is 2. The van der Waals surface area contributed by atoms with E-state index in [4.69, 9.17) is 28.4 Å². The maximum atomic E-state index is 10.2. The summed E-state index contributed by atoms with van der Waals surface area (Å²) in [5, 5.41) is 13.7. The average molecular weight is 591 g/mol. The monoisotopic (exact) mass is 590 g/mol. The number of fused-ring (bicyclic) bond motifs is 1. The first kappa shape index (κ1) is 32.0. The quantitative estimate of drug-likeness (QED) is 0.211. The maximum absolute atomic E-state index is 10.2. The Bertz CT molecular complexity index is 1030. The van der Waals surface area contributed by atoms with Gasteiger partial charge in [-0.15, -0.1) is 11.8 Å². The van der Waals surface area contributed by atoms with Crippen LogP contribution in [0, 0.1) is 0 Å². The molecule has 2 aliphatic rings. The van der Waals surface area contributed by atoms with Gasteiger partial charge in [0.2, 0.25) is 0 Å². The number of aliphatic hydroxyl groups excluding tert-OH is 1. The van der Waals surface area contributed by atoms with Gasteiger partial charge in [0.1, 0.15) is 18.5 Å². The minimum Gasteiger partial charge on any atom is -0.490 e. The van der Waals surface area contributed by atoms with Gasteiger partial charge in [-0.2, -0.15) is 0 Å². The molecule has 0 spiro atoms. The summed E-state index contributed by atoms with van der Waals surface area (Å²) >= 11 is 1.78. The van der Waals surface area contributed by atoms with Gasteiger partial charge in [-0.25, -0.2) is 0 Å². The molecule has 2 aromatic rings. The first-order valence-electron chi connectivity index (χ1n) is 14.4. The molecule has 0 bridgehead atoms. The molecule has 0 unspecified atom stereocenters. The van der Waals surface area contributed by atoms with Crippen LogP contribution in [0.4, 0.5) is 5.69 Å². The molecule has 2 heterocycles. The minimum atomic E-state index is -0.675. The molecule has 0 aromatic heterocycles. The van der Waals surface area contributed by atoms with E-state index in [9.17, 15) is 5.11 Å². The molecule has 228 valence electrons. The molecule has 2 N–H and O–H groups in total. The van der Waals surface area contributed by atoms with Gasteiger partial charge >= 0.3 is 0 Å². The fourth-order valence-electron chi connectivity index (χ4n) is 5.36. The van der Waals surface area contributed by atoms with E-state index < -0.39 is 6.10 Å². The molecule has 2 aromatic carbocycles. The lowest BCUT2D eigenvalue weighted by Crippen LogP contribution is -2.51. The average Bonchev–Trinajstić information content (AvgIpc) is 3.00. The largest absolute Gasteiger partial charge is 0.490 e. The van der Waals surface area contributed by atoms with Gasteiger partial charge in [0.15, 0.2) is 0 Å². The SMILES string of the molecule is COCCCN1CCOc2ccc(CO[C@H]3CNC[C@@H](OC[C@H](O)COC)[C@@H]3c3ccc(SCCOC)cc3)cc21. The second-order valence-electron chi connectivity index (χ2n) is 10.4. The lowest BCUT2D eigenvalue weighted by atomic mass is 9.85. The van der Waals surface area contributed by atoms with Crippen LogP contribution in [0.1, 0.15) is 23.5 Å². The Morgan fingerprint density at radius 3 is 2.51 bits per heavy atom. The van der Waals surface area contributed by atoms with E-state index in [-0.39, 0.29) is 31.3 Å². The highest BCUT2D eigenvalue weighted by Gasteiger charge is 2.36. The molecule has 2 aliphatic heterocycles. The van der Waals surface area contributed by atoms with E-state index in [1.807, 2.05) is 0 Å². The first-order chi connectivity index (χ1) is 20.1. The van der Waals surface area contributed by atoms with Gasteiger partial charge < -0.3 is 43.7 Å². The summed E-state index contributed by atoms with van der Waals surface area (Å²) in [5.74, 6) is 1.84. The van der Waals surface area contributed by atoms with Crippen LogP contribution >= 0.6 is 11.8 Å². The fraction of sp³-hybridized carbons (Fsp3) is 0.613. The summed E-state index contributed by atoms with van der Waals surface area (Å²) in [5.41, 5.74) is 3.39. The molecular formula is C31H46N2O7S. The van der Waals surface area contributed by atoms with Gasteiger partial charge in [-0.3, -0.25) is 0 Å². The van der Waals surface area contributed by atoms with Crippen molar-refractivity contribution < 1.29 is 33.5 Å².